The quantitative estimate of drug-likeness (QED) is 0.852. The standard InChI is InChI=1S/C21H21NO4/c1-2-19-17(11-21(23)24)9-16-10-18(7-8-20(16)26-19)25-13-15-5-3-14(12-22)4-6-15/h3-8,10,17,19H,2,9,11,13H2,1H3,(H,23,24). The Morgan fingerprint density at radius 2 is 2.08 bits per heavy atom. The van der Waals surface area contributed by atoms with Crippen molar-refractivity contribution >= 4 is 5.97 Å². The van der Waals surface area contributed by atoms with Gasteiger partial charge in [0.05, 0.1) is 18.1 Å². The van der Waals surface area contributed by atoms with Crippen molar-refractivity contribution in [1.29, 1.82) is 5.26 Å². The molecule has 0 bridgehead atoms. The Kier molecular flexibility index (Phi) is 5.43. The van der Waals surface area contributed by atoms with E-state index in [0.717, 1.165) is 29.0 Å². The summed E-state index contributed by atoms with van der Waals surface area (Å²) in [6, 6.07) is 15.1. The monoisotopic (exact) mass is 351 g/mol. The van der Waals surface area contributed by atoms with Crippen molar-refractivity contribution in [3.05, 3.63) is 59.2 Å². The topological polar surface area (TPSA) is 79.5 Å². The maximum absolute atomic E-state index is 11.1. The van der Waals surface area contributed by atoms with Crippen molar-refractivity contribution in [3.8, 4) is 17.6 Å². The number of nitriles is 1. The second-order valence-corrected chi connectivity index (χ2v) is 6.49. The van der Waals surface area contributed by atoms with Gasteiger partial charge >= 0.3 is 5.97 Å². The SMILES string of the molecule is CCC1Oc2ccc(OCc3ccc(C#N)cc3)cc2CC1CC(=O)O. The Balaban J connectivity index is 1.70. The fraction of sp³-hybridized carbons (Fsp3) is 0.333. The molecule has 26 heavy (non-hydrogen) atoms. The first kappa shape index (κ1) is 17.8. The lowest BCUT2D eigenvalue weighted by Crippen LogP contribution is -2.33. The minimum absolute atomic E-state index is 0.0289. The third-order valence-electron chi connectivity index (χ3n) is 4.65. The summed E-state index contributed by atoms with van der Waals surface area (Å²) in [6.45, 7) is 2.42. The van der Waals surface area contributed by atoms with Gasteiger partial charge in [-0.3, -0.25) is 4.79 Å². The maximum atomic E-state index is 11.1. The molecule has 1 N–H and O–H groups in total. The Morgan fingerprint density at radius 1 is 1.31 bits per heavy atom. The zero-order valence-corrected chi connectivity index (χ0v) is 14.6. The molecule has 1 heterocycles. The van der Waals surface area contributed by atoms with E-state index in [0.29, 0.717) is 18.6 Å². The third kappa shape index (κ3) is 4.15. The second kappa shape index (κ2) is 7.92. The van der Waals surface area contributed by atoms with Crippen LogP contribution in [0.3, 0.4) is 0 Å². The number of fused-ring (bicyclic) bond motifs is 1. The number of nitrogens with zero attached hydrogens (tertiary/aromatic N) is 1. The van der Waals surface area contributed by atoms with Gasteiger partial charge in [0.1, 0.15) is 24.2 Å². The van der Waals surface area contributed by atoms with Crippen LogP contribution in [0.5, 0.6) is 11.5 Å². The fourth-order valence-electron chi connectivity index (χ4n) is 3.28. The van der Waals surface area contributed by atoms with Crippen LogP contribution >= 0.6 is 0 Å². The van der Waals surface area contributed by atoms with Crippen LogP contribution in [0, 0.1) is 17.2 Å². The van der Waals surface area contributed by atoms with Crippen molar-refractivity contribution in [2.75, 3.05) is 0 Å². The highest BCUT2D eigenvalue weighted by molar-refractivity contribution is 5.67. The third-order valence-corrected chi connectivity index (χ3v) is 4.65. The smallest absolute Gasteiger partial charge is 0.303 e. The average Bonchev–Trinajstić information content (AvgIpc) is 2.65. The first-order valence-corrected chi connectivity index (χ1v) is 8.72. The van der Waals surface area contributed by atoms with Gasteiger partial charge in [0.25, 0.3) is 0 Å². The lowest BCUT2D eigenvalue weighted by Gasteiger charge is -2.32. The van der Waals surface area contributed by atoms with Crippen molar-refractivity contribution in [2.45, 2.75) is 38.9 Å². The fourth-order valence-corrected chi connectivity index (χ4v) is 3.28. The molecular weight excluding hydrogens is 330 g/mol. The van der Waals surface area contributed by atoms with E-state index in [-0.39, 0.29) is 18.4 Å². The number of carboxylic acid groups (broad SMARTS) is 1. The highest BCUT2D eigenvalue weighted by Crippen LogP contribution is 2.36. The summed E-state index contributed by atoms with van der Waals surface area (Å²) < 4.78 is 11.8. The first-order valence-electron chi connectivity index (χ1n) is 8.72. The van der Waals surface area contributed by atoms with E-state index in [2.05, 4.69) is 6.07 Å². The Labute approximate surface area is 152 Å². The molecule has 2 aromatic rings. The zero-order chi connectivity index (χ0) is 18.5. The summed E-state index contributed by atoms with van der Waals surface area (Å²) in [7, 11) is 0. The van der Waals surface area contributed by atoms with Crippen LogP contribution in [-0.4, -0.2) is 17.2 Å². The minimum atomic E-state index is -0.797. The number of ether oxygens (including phenoxy) is 2. The van der Waals surface area contributed by atoms with Gasteiger partial charge in [0.15, 0.2) is 0 Å². The maximum Gasteiger partial charge on any atom is 0.303 e. The number of benzene rings is 2. The van der Waals surface area contributed by atoms with Crippen molar-refractivity contribution in [3.63, 3.8) is 0 Å². The van der Waals surface area contributed by atoms with Gasteiger partial charge in [-0.2, -0.15) is 5.26 Å². The van der Waals surface area contributed by atoms with Crippen LogP contribution in [0.2, 0.25) is 0 Å². The van der Waals surface area contributed by atoms with Gasteiger partial charge in [-0.1, -0.05) is 19.1 Å². The van der Waals surface area contributed by atoms with Gasteiger partial charge < -0.3 is 14.6 Å². The minimum Gasteiger partial charge on any atom is -0.490 e. The van der Waals surface area contributed by atoms with E-state index in [9.17, 15) is 4.79 Å². The molecule has 3 rings (SSSR count). The molecule has 2 unspecified atom stereocenters. The average molecular weight is 351 g/mol. The molecule has 0 saturated heterocycles. The molecule has 134 valence electrons. The lowest BCUT2D eigenvalue weighted by molar-refractivity contribution is -0.139. The molecule has 0 aromatic heterocycles. The molecule has 1 aliphatic heterocycles. The molecule has 0 radical (unpaired) electrons. The van der Waals surface area contributed by atoms with Crippen molar-refractivity contribution in [1.82, 2.24) is 0 Å². The number of hydrogen-bond donors (Lipinski definition) is 1. The summed E-state index contributed by atoms with van der Waals surface area (Å²) >= 11 is 0. The molecule has 5 nitrogen and oxygen atoms in total. The van der Waals surface area contributed by atoms with E-state index in [1.54, 1.807) is 12.1 Å². The van der Waals surface area contributed by atoms with E-state index < -0.39 is 5.97 Å². The van der Waals surface area contributed by atoms with Gasteiger partial charge in [-0.15, -0.1) is 0 Å². The predicted molar refractivity (Wildman–Crippen MR) is 96.1 cm³/mol. The molecule has 5 heteroatoms. The normalized spacial score (nSPS) is 18.3. The Hall–Kier alpha value is -3.00. The van der Waals surface area contributed by atoms with Gasteiger partial charge in [0.2, 0.25) is 0 Å². The zero-order valence-electron chi connectivity index (χ0n) is 14.6. The molecule has 0 spiro atoms. The molecule has 2 atom stereocenters. The van der Waals surface area contributed by atoms with Gasteiger partial charge in [0, 0.05) is 5.92 Å². The largest absolute Gasteiger partial charge is 0.490 e. The number of hydrogen-bond acceptors (Lipinski definition) is 4. The second-order valence-electron chi connectivity index (χ2n) is 6.49. The van der Waals surface area contributed by atoms with E-state index in [1.165, 1.54) is 0 Å². The Morgan fingerprint density at radius 3 is 2.73 bits per heavy atom. The molecule has 0 saturated carbocycles. The molecule has 1 aliphatic rings. The van der Waals surface area contributed by atoms with Crippen LogP contribution < -0.4 is 9.47 Å². The van der Waals surface area contributed by atoms with Crippen LogP contribution in [0.15, 0.2) is 42.5 Å². The molecule has 0 amide bonds. The molecule has 0 fully saturated rings. The highest BCUT2D eigenvalue weighted by Gasteiger charge is 2.30. The van der Waals surface area contributed by atoms with Crippen molar-refractivity contribution < 1.29 is 19.4 Å². The Bertz CT molecular complexity index is 823. The highest BCUT2D eigenvalue weighted by atomic mass is 16.5. The van der Waals surface area contributed by atoms with E-state index in [4.69, 9.17) is 19.8 Å². The van der Waals surface area contributed by atoms with Gasteiger partial charge in [-0.05, 0) is 54.3 Å². The number of carbonyl (C=O) groups is 1. The number of carboxylic acids is 1. The van der Waals surface area contributed by atoms with Crippen LogP contribution in [-0.2, 0) is 17.8 Å². The number of rotatable bonds is 6. The molecule has 0 aliphatic carbocycles. The number of aliphatic carboxylic acids is 1. The summed E-state index contributed by atoms with van der Waals surface area (Å²) in [5.41, 5.74) is 2.58. The lowest BCUT2D eigenvalue weighted by atomic mass is 9.87. The van der Waals surface area contributed by atoms with Crippen LogP contribution in [0.4, 0.5) is 0 Å². The predicted octanol–water partition coefficient (Wildman–Crippen LogP) is 3.94. The molecule has 2 aromatic carbocycles. The summed E-state index contributed by atoms with van der Waals surface area (Å²) in [5.74, 6) is 0.706. The summed E-state index contributed by atoms with van der Waals surface area (Å²) in [6.07, 6.45) is 1.50. The van der Waals surface area contributed by atoms with E-state index >= 15 is 0 Å². The molecular formula is C21H21NO4. The van der Waals surface area contributed by atoms with Gasteiger partial charge in [-0.25, -0.2) is 0 Å². The van der Waals surface area contributed by atoms with Crippen LogP contribution in [0.1, 0.15) is 36.5 Å². The summed E-state index contributed by atoms with van der Waals surface area (Å²) in [4.78, 5) is 11.1. The van der Waals surface area contributed by atoms with E-state index in [1.807, 2.05) is 37.3 Å². The first-order chi connectivity index (χ1) is 12.6. The summed E-state index contributed by atoms with van der Waals surface area (Å²) in [5, 5.41) is 18.0. The van der Waals surface area contributed by atoms with Crippen LogP contribution in [0.25, 0.3) is 0 Å². The van der Waals surface area contributed by atoms with Crippen molar-refractivity contribution in [2.24, 2.45) is 5.92 Å².